The number of Topliss-reactive ketones (excluding diaryl/α,β-unsaturated/α-hetero) is 1. The van der Waals surface area contributed by atoms with Gasteiger partial charge in [0, 0.05) is 12.8 Å². The highest BCUT2D eigenvalue weighted by molar-refractivity contribution is 7.96. The number of thiazole rings is 1. The number of amides is 1. The lowest BCUT2D eigenvalue weighted by atomic mass is 9.69. The minimum atomic E-state index is -3.19. The van der Waals surface area contributed by atoms with E-state index in [0.29, 0.717) is 18.4 Å². The predicted octanol–water partition coefficient (Wildman–Crippen LogP) is 9.14. The molecule has 0 radical (unpaired) electrons. The molecule has 1 amide bonds. The third kappa shape index (κ3) is 7.66. The molecule has 4 atom stereocenters. The van der Waals surface area contributed by atoms with Crippen molar-refractivity contribution in [3.8, 4) is 0 Å². The highest BCUT2D eigenvalue weighted by Gasteiger charge is 2.60. The van der Waals surface area contributed by atoms with Gasteiger partial charge < -0.3 is 14.1 Å². The fourth-order valence-electron chi connectivity index (χ4n) is 8.34. The summed E-state index contributed by atoms with van der Waals surface area (Å²) in [6.45, 7) is 13.5. The Kier molecular flexibility index (Phi) is 12.1. The van der Waals surface area contributed by atoms with Crippen molar-refractivity contribution in [3.05, 3.63) is 138 Å². The van der Waals surface area contributed by atoms with E-state index in [2.05, 4.69) is 40.4 Å². The number of nitrogens with zero attached hydrogens (tertiary/aromatic N) is 2. The van der Waals surface area contributed by atoms with Crippen molar-refractivity contribution in [1.82, 2.24) is 9.88 Å². The predicted molar refractivity (Wildman–Crippen MR) is 243 cm³/mol. The summed E-state index contributed by atoms with van der Waals surface area (Å²) in [5, 5.41) is 3.34. The molecule has 58 heavy (non-hydrogen) atoms. The second-order valence-electron chi connectivity index (χ2n) is 16.7. The zero-order valence-electron chi connectivity index (χ0n) is 34.3. The van der Waals surface area contributed by atoms with Crippen LogP contribution >= 0.6 is 18.2 Å². The number of hydrogen-bond acceptors (Lipinski definition) is 7. The highest BCUT2D eigenvalue weighted by atomic mass is 32.1. The lowest BCUT2D eigenvalue weighted by Gasteiger charge is -2.55. The first kappa shape index (κ1) is 41.5. The van der Waals surface area contributed by atoms with Crippen LogP contribution in [0.25, 0.3) is 16.3 Å². The summed E-state index contributed by atoms with van der Waals surface area (Å²) in [7, 11) is -2.38. The van der Waals surface area contributed by atoms with E-state index >= 15 is 14.4 Å². The number of aromatic nitrogens is 1. The molecule has 1 aromatic heterocycles. The molecular formula is C48H53N2O5PSSi. The van der Waals surface area contributed by atoms with Crippen molar-refractivity contribution in [2.24, 2.45) is 11.8 Å². The van der Waals surface area contributed by atoms with Gasteiger partial charge in [-0.05, 0) is 84.0 Å². The molecule has 5 aromatic rings. The Hall–Kier alpha value is -4.66. The lowest BCUT2D eigenvalue weighted by Crippen LogP contribution is -2.72. The van der Waals surface area contributed by atoms with Crippen LogP contribution in [0.3, 0.4) is 0 Å². The molecule has 2 aliphatic rings. The van der Waals surface area contributed by atoms with Gasteiger partial charge in [-0.2, -0.15) is 0 Å². The quantitative estimate of drug-likeness (QED) is 0.0312. The van der Waals surface area contributed by atoms with Crippen LogP contribution in [-0.2, 0) is 23.5 Å². The number of ether oxygens (including phenoxy) is 1. The fourth-order valence-corrected chi connectivity index (χ4v) is 15.1. The molecule has 2 fully saturated rings. The summed E-state index contributed by atoms with van der Waals surface area (Å²) in [6, 6.07) is 37.3. The number of rotatable bonds is 12. The van der Waals surface area contributed by atoms with E-state index in [0.717, 1.165) is 37.6 Å². The molecule has 1 aliphatic heterocycles. The molecule has 0 N–H and O–H groups in total. The average molecular weight is 829 g/mol. The molecule has 10 heteroatoms. The van der Waals surface area contributed by atoms with E-state index in [9.17, 15) is 0 Å². The molecular weight excluding hydrogens is 776 g/mol. The highest BCUT2D eigenvalue weighted by Crippen LogP contribution is 2.52. The van der Waals surface area contributed by atoms with Crippen LogP contribution < -0.4 is 15.9 Å². The molecule has 4 aromatic carbocycles. The number of carbonyl (C=O) groups is 3. The second kappa shape index (κ2) is 16.9. The summed E-state index contributed by atoms with van der Waals surface area (Å²) in [6.07, 6.45) is 4.90. The first-order chi connectivity index (χ1) is 27.8. The van der Waals surface area contributed by atoms with Gasteiger partial charge in [0.25, 0.3) is 0 Å². The van der Waals surface area contributed by atoms with Crippen LogP contribution in [0.2, 0.25) is 18.1 Å². The molecule has 300 valence electrons. The van der Waals surface area contributed by atoms with Crippen LogP contribution in [0.15, 0.2) is 133 Å². The molecule has 0 unspecified atom stereocenters. The number of para-hydroxylation sites is 1. The van der Waals surface area contributed by atoms with Gasteiger partial charge in [0.05, 0.1) is 28.3 Å². The summed E-state index contributed by atoms with van der Waals surface area (Å²) >= 11 is 1.56. The minimum absolute atomic E-state index is 0.0144. The fraction of sp³-hybridized carbons (Fsp3) is 0.312. The van der Waals surface area contributed by atoms with E-state index in [1.807, 2.05) is 128 Å². The van der Waals surface area contributed by atoms with Crippen LogP contribution in [0.1, 0.15) is 52.0 Å². The largest absolute Gasteiger partial charge is 0.457 e. The third-order valence-electron chi connectivity index (χ3n) is 12.1. The number of carbonyl (C=O) groups excluding carboxylic acids is 3. The Labute approximate surface area is 347 Å². The monoisotopic (exact) mass is 828 g/mol. The van der Waals surface area contributed by atoms with Gasteiger partial charge in [-0.15, -0.1) is 11.3 Å². The molecule has 2 heterocycles. The van der Waals surface area contributed by atoms with Gasteiger partial charge in [-0.25, -0.2) is 9.78 Å². The van der Waals surface area contributed by atoms with E-state index in [1.54, 1.807) is 22.3 Å². The van der Waals surface area contributed by atoms with Crippen LogP contribution in [0.4, 0.5) is 0 Å². The number of ketones is 1. The zero-order valence-corrected chi connectivity index (χ0v) is 37.0. The van der Waals surface area contributed by atoms with Crippen molar-refractivity contribution in [1.29, 1.82) is 0 Å². The molecule has 0 spiro atoms. The van der Waals surface area contributed by atoms with Crippen LogP contribution in [-0.4, -0.2) is 60.0 Å². The van der Waals surface area contributed by atoms with E-state index < -0.39 is 45.2 Å². The molecule has 7 nitrogen and oxygen atoms in total. The summed E-state index contributed by atoms with van der Waals surface area (Å²) in [5.74, 6) is -2.11. The number of benzene rings is 4. The molecule has 1 saturated heterocycles. The van der Waals surface area contributed by atoms with Crippen molar-refractivity contribution in [2.75, 3.05) is 6.61 Å². The van der Waals surface area contributed by atoms with E-state index in [4.69, 9.17) is 14.1 Å². The third-order valence-corrected chi connectivity index (χ3v) is 21.9. The van der Waals surface area contributed by atoms with Crippen LogP contribution in [0, 0.1) is 11.8 Å². The summed E-state index contributed by atoms with van der Waals surface area (Å²) in [5.41, 5.74) is 1.85. The Bertz CT molecular complexity index is 2270. The lowest BCUT2D eigenvalue weighted by molar-refractivity contribution is -0.162. The first-order valence-electron chi connectivity index (χ1n) is 20.1. The Morgan fingerprint density at radius 2 is 1.47 bits per heavy atom. The van der Waals surface area contributed by atoms with E-state index in [1.165, 1.54) is 0 Å². The van der Waals surface area contributed by atoms with Crippen molar-refractivity contribution in [2.45, 2.75) is 77.2 Å². The number of fused-ring (bicyclic) bond motifs is 1. The van der Waals surface area contributed by atoms with Gasteiger partial charge in [-0.1, -0.05) is 137 Å². The smallest absolute Gasteiger partial charge is 0.356 e. The number of likely N-dealkylation sites (tertiary alicyclic amines) is 1. The van der Waals surface area contributed by atoms with Gasteiger partial charge >= 0.3 is 5.97 Å². The number of β-lactam (4-membered cyclic amide) rings is 1. The van der Waals surface area contributed by atoms with Gasteiger partial charge in [0.15, 0.2) is 14.1 Å². The molecule has 1 saturated carbocycles. The van der Waals surface area contributed by atoms with Crippen molar-refractivity contribution in [3.63, 3.8) is 0 Å². The van der Waals surface area contributed by atoms with Crippen molar-refractivity contribution >= 4 is 81.8 Å². The minimum Gasteiger partial charge on any atom is -0.457 e. The molecule has 0 bridgehead atoms. The van der Waals surface area contributed by atoms with E-state index in [-0.39, 0.29) is 28.8 Å². The topological polar surface area (TPSA) is 85.8 Å². The van der Waals surface area contributed by atoms with Gasteiger partial charge in [-0.3, -0.25) is 9.59 Å². The summed E-state index contributed by atoms with van der Waals surface area (Å²) < 4.78 is 14.1. The standard InChI is InChI=1S/C48H53N2O5PSSi/c1-8-31-54-47(53)46(56(35-22-12-9-13-23-35,36-24-14-10-15-25-36)37-26-16-11-17-27-37)50-43(42(45(50)52)33(2)55-58(6,7)48(3,4)5)38-28-20-21-34(44(38)51)32-41-49-39-29-18-19-30-40(39)57-41/h8-19,22-27,29-30,32-33,38,42-43H,1,20-21,28,31H2,2-7H3/b34-32+/t33-,38-,42-,43-/m1/s1. The number of esters is 1. The number of allylic oxidation sites excluding steroid dienone is 1. The maximum Gasteiger partial charge on any atom is 0.356 e. The average Bonchev–Trinajstić information content (AvgIpc) is 3.63. The SMILES string of the molecule is C=CCOC(=O)C(N1C(=O)[C@H]([C@@H](C)O[Si](C)(C)C(C)(C)C)[C@H]1[C@H]1CCC/C(=C\c2nc3ccccc3s2)C1=O)=P(c1ccccc1)(c1ccccc1)c1ccccc1. The van der Waals surface area contributed by atoms with Crippen molar-refractivity contribution < 1.29 is 23.5 Å². The normalized spacial score (nSPS) is 20.1. The summed E-state index contributed by atoms with van der Waals surface area (Å²) in [4.78, 5) is 52.2. The maximum absolute atomic E-state index is 15.4. The van der Waals surface area contributed by atoms with Gasteiger partial charge in [0.1, 0.15) is 17.0 Å². The second-order valence-corrected chi connectivity index (χ2v) is 25.9. The zero-order chi connectivity index (χ0) is 41.2. The van der Waals surface area contributed by atoms with Crippen LogP contribution in [0.5, 0.6) is 0 Å². The maximum atomic E-state index is 15.4. The first-order valence-corrected chi connectivity index (χ1v) is 25.6. The Morgan fingerprint density at radius 1 is 0.914 bits per heavy atom. The Morgan fingerprint density at radius 3 is 2.00 bits per heavy atom. The van der Waals surface area contributed by atoms with Gasteiger partial charge in [0.2, 0.25) is 5.91 Å². The number of hydrogen-bond donors (Lipinski definition) is 0. The molecule has 1 aliphatic carbocycles. The Balaban J connectivity index is 1.49. The molecule has 7 rings (SSSR count).